The Labute approximate surface area is 120 Å². The monoisotopic (exact) mass is 284 g/mol. The van der Waals surface area contributed by atoms with Crippen molar-refractivity contribution in [1.82, 2.24) is 0 Å². The molecule has 2 fully saturated rings. The van der Waals surface area contributed by atoms with Gasteiger partial charge in [-0.1, -0.05) is 6.42 Å². The van der Waals surface area contributed by atoms with Gasteiger partial charge in [0.15, 0.2) is 5.79 Å². The fourth-order valence-electron chi connectivity index (χ4n) is 3.13. The SMILES string of the molecule is CCOC(=O)CC1CC(CC=O)OC2(CCCCC2)O1. The van der Waals surface area contributed by atoms with Gasteiger partial charge in [-0.25, -0.2) is 0 Å². The minimum absolute atomic E-state index is 0.140. The van der Waals surface area contributed by atoms with Crippen LogP contribution in [0, 0.1) is 0 Å². The van der Waals surface area contributed by atoms with E-state index in [1.165, 1.54) is 6.42 Å². The van der Waals surface area contributed by atoms with Gasteiger partial charge in [-0.05, 0) is 19.8 Å². The summed E-state index contributed by atoms with van der Waals surface area (Å²) in [7, 11) is 0. The summed E-state index contributed by atoms with van der Waals surface area (Å²) in [6.07, 6.45) is 6.76. The van der Waals surface area contributed by atoms with Crippen LogP contribution < -0.4 is 0 Å². The van der Waals surface area contributed by atoms with Gasteiger partial charge in [0.05, 0.1) is 25.2 Å². The van der Waals surface area contributed by atoms with Crippen LogP contribution in [0.1, 0.15) is 58.3 Å². The molecule has 5 nitrogen and oxygen atoms in total. The molecule has 0 aromatic carbocycles. The highest BCUT2D eigenvalue weighted by Gasteiger charge is 2.43. The Morgan fingerprint density at radius 3 is 2.60 bits per heavy atom. The maximum absolute atomic E-state index is 11.6. The summed E-state index contributed by atoms with van der Waals surface area (Å²) >= 11 is 0. The lowest BCUT2D eigenvalue weighted by atomic mass is 9.91. The first-order chi connectivity index (χ1) is 9.67. The molecular weight excluding hydrogens is 260 g/mol. The predicted octanol–water partition coefficient (Wildman–Crippen LogP) is 2.36. The second kappa shape index (κ2) is 7.18. The highest BCUT2D eigenvalue weighted by Crippen LogP contribution is 2.40. The van der Waals surface area contributed by atoms with Crippen LogP contribution in [-0.2, 0) is 23.8 Å². The normalized spacial score (nSPS) is 29.1. The van der Waals surface area contributed by atoms with Crippen LogP contribution in [0.2, 0.25) is 0 Å². The van der Waals surface area contributed by atoms with Gasteiger partial charge in [0.1, 0.15) is 6.29 Å². The zero-order valence-corrected chi connectivity index (χ0v) is 12.1. The van der Waals surface area contributed by atoms with Crippen LogP contribution in [0.3, 0.4) is 0 Å². The van der Waals surface area contributed by atoms with Crippen LogP contribution in [0.4, 0.5) is 0 Å². The number of aldehydes is 1. The molecule has 0 bridgehead atoms. The van der Waals surface area contributed by atoms with E-state index in [1.54, 1.807) is 6.92 Å². The van der Waals surface area contributed by atoms with Gasteiger partial charge < -0.3 is 19.0 Å². The maximum atomic E-state index is 11.6. The molecule has 0 aromatic heterocycles. The van der Waals surface area contributed by atoms with E-state index in [4.69, 9.17) is 14.2 Å². The number of carbonyl (C=O) groups is 2. The Hall–Kier alpha value is -0.940. The molecule has 1 heterocycles. The summed E-state index contributed by atoms with van der Waals surface area (Å²) in [5.41, 5.74) is 0. The molecule has 1 aliphatic carbocycles. The molecule has 1 aliphatic heterocycles. The number of hydrogen-bond acceptors (Lipinski definition) is 5. The highest BCUT2D eigenvalue weighted by atomic mass is 16.7. The van der Waals surface area contributed by atoms with Gasteiger partial charge >= 0.3 is 5.97 Å². The molecule has 114 valence electrons. The van der Waals surface area contributed by atoms with Crippen LogP contribution in [0.25, 0.3) is 0 Å². The van der Waals surface area contributed by atoms with Gasteiger partial charge in [0, 0.05) is 25.7 Å². The molecule has 1 saturated carbocycles. The Bertz CT molecular complexity index is 335. The van der Waals surface area contributed by atoms with Crippen LogP contribution >= 0.6 is 0 Å². The number of esters is 1. The molecule has 2 unspecified atom stereocenters. The largest absolute Gasteiger partial charge is 0.466 e. The third-order valence-electron chi connectivity index (χ3n) is 3.96. The second-order valence-corrected chi connectivity index (χ2v) is 5.60. The first kappa shape index (κ1) is 15.4. The Morgan fingerprint density at radius 1 is 1.25 bits per heavy atom. The first-order valence-electron chi connectivity index (χ1n) is 7.62. The Balaban J connectivity index is 2.00. The fourth-order valence-corrected chi connectivity index (χ4v) is 3.13. The molecule has 2 rings (SSSR count). The minimum Gasteiger partial charge on any atom is -0.466 e. The summed E-state index contributed by atoms with van der Waals surface area (Å²) in [5, 5.41) is 0. The molecule has 0 radical (unpaired) electrons. The number of rotatable bonds is 5. The molecule has 0 N–H and O–H groups in total. The fraction of sp³-hybridized carbons (Fsp3) is 0.867. The summed E-state index contributed by atoms with van der Waals surface area (Å²) in [6.45, 7) is 2.17. The van der Waals surface area contributed by atoms with Crippen molar-refractivity contribution in [2.75, 3.05) is 6.61 Å². The number of carbonyl (C=O) groups excluding carboxylic acids is 2. The van der Waals surface area contributed by atoms with E-state index in [2.05, 4.69) is 0 Å². The number of ether oxygens (including phenoxy) is 3. The third kappa shape index (κ3) is 4.03. The predicted molar refractivity (Wildman–Crippen MR) is 72.1 cm³/mol. The average Bonchev–Trinajstić information content (AvgIpc) is 2.39. The van der Waals surface area contributed by atoms with E-state index in [0.717, 1.165) is 32.0 Å². The van der Waals surface area contributed by atoms with Crippen molar-refractivity contribution >= 4 is 12.3 Å². The molecule has 5 heteroatoms. The van der Waals surface area contributed by atoms with Gasteiger partial charge in [0.25, 0.3) is 0 Å². The van der Waals surface area contributed by atoms with Crippen molar-refractivity contribution in [3.63, 3.8) is 0 Å². The topological polar surface area (TPSA) is 61.8 Å². The molecular formula is C15H24O5. The molecule has 20 heavy (non-hydrogen) atoms. The van der Waals surface area contributed by atoms with Crippen molar-refractivity contribution in [1.29, 1.82) is 0 Å². The van der Waals surface area contributed by atoms with Crippen LogP contribution in [0.15, 0.2) is 0 Å². The van der Waals surface area contributed by atoms with E-state index in [9.17, 15) is 9.59 Å². The molecule has 0 amide bonds. The molecule has 2 aliphatic rings. The first-order valence-corrected chi connectivity index (χ1v) is 7.62. The smallest absolute Gasteiger partial charge is 0.308 e. The van der Waals surface area contributed by atoms with Crippen molar-refractivity contribution < 1.29 is 23.8 Å². The highest BCUT2D eigenvalue weighted by molar-refractivity contribution is 5.70. The van der Waals surface area contributed by atoms with Crippen molar-refractivity contribution in [2.45, 2.75) is 76.3 Å². The summed E-state index contributed by atoms with van der Waals surface area (Å²) < 4.78 is 17.1. The summed E-state index contributed by atoms with van der Waals surface area (Å²) in [4.78, 5) is 22.4. The lowest BCUT2D eigenvalue weighted by Gasteiger charge is -2.46. The second-order valence-electron chi connectivity index (χ2n) is 5.60. The van der Waals surface area contributed by atoms with Gasteiger partial charge in [0.2, 0.25) is 0 Å². The lowest BCUT2D eigenvalue weighted by molar-refractivity contribution is -0.327. The van der Waals surface area contributed by atoms with Crippen molar-refractivity contribution in [2.24, 2.45) is 0 Å². The Kier molecular flexibility index (Phi) is 5.54. The standard InChI is InChI=1S/C15H24O5/c1-2-18-14(17)11-13-10-12(6-9-16)19-15(20-13)7-4-3-5-8-15/h9,12-13H,2-8,10-11H2,1H3. The van der Waals surface area contributed by atoms with Crippen molar-refractivity contribution in [3.05, 3.63) is 0 Å². The van der Waals surface area contributed by atoms with Crippen LogP contribution in [0.5, 0.6) is 0 Å². The van der Waals surface area contributed by atoms with E-state index in [1.807, 2.05) is 0 Å². The quantitative estimate of drug-likeness (QED) is 0.573. The molecule has 1 saturated heterocycles. The van der Waals surface area contributed by atoms with Crippen molar-refractivity contribution in [3.8, 4) is 0 Å². The minimum atomic E-state index is -0.582. The maximum Gasteiger partial charge on any atom is 0.308 e. The summed E-state index contributed by atoms with van der Waals surface area (Å²) in [5.74, 6) is -0.823. The summed E-state index contributed by atoms with van der Waals surface area (Å²) in [6, 6.07) is 0. The molecule has 0 aromatic rings. The third-order valence-corrected chi connectivity index (χ3v) is 3.96. The van der Waals surface area contributed by atoms with Gasteiger partial charge in [-0.3, -0.25) is 4.79 Å². The molecule has 1 spiro atoms. The zero-order valence-electron chi connectivity index (χ0n) is 12.1. The van der Waals surface area contributed by atoms with Gasteiger partial charge in [-0.15, -0.1) is 0 Å². The average molecular weight is 284 g/mol. The number of hydrogen-bond donors (Lipinski definition) is 0. The van der Waals surface area contributed by atoms with E-state index in [0.29, 0.717) is 19.4 Å². The molecule has 2 atom stereocenters. The van der Waals surface area contributed by atoms with E-state index >= 15 is 0 Å². The van der Waals surface area contributed by atoms with E-state index in [-0.39, 0.29) is 24.6 Å². The van der Waals surface area contributed by atoms with Crippen LogP contribution in [-0.4, -0.2) is 36.9 Å². The van der Waals surface area contributed by atoms with Gasteiger partial charge in [-0.2, -0.15) is 0 Å². The lowest BCUT2D eigenvalue weighted by Crippen LogP contribution is -2.50. The zero-order chi connectivity index (χ0) is 14.4. The van der Waals surface area contributed by atoms with E-state index < -0.39 is 5.79 Å². The Morgan fingerprint density at radius 2 is 1.95 bits per heavy atom.